The highest BCUT2D eigenvalue weighted by Gasteiger charge is 2.24. The summed E-state index contributed by atoms with van der Waals surface area (Å²) in [5.41, 5.74) is 9.83. The number of aromatic nitrogens is 3. The highest BCUT2D eigenvalue weighted by atomic mass is 16.3. The van der Waals surface area contributed by atoms with Gasteiger partial charge in [0, 0.05) is 21.5 Å². The first-order valence-corrected chi connectivity index (χ1v) is 12.1. The lowest BCUT2D eigenvalue weighted by Crippen LogP contribution is -1.90. The lowest BCUT2D eigenvalue weighted by Gasteiger charge is -2.04. The van der Waals surface area contributed by atoms with Gasteiger partial charge in [0.15, 0.2) is 5.65 Å². The zero-order chi connectivity index (χ0) is 23.4. The van der Waals surface area contributed by atoms with Crippen molar-refractivity contribution in [3.63, 3.8) is 0 Å². The van der Waals surface area contributed by atoms with Crippen LogP contribution in [0.3, 0.4) is 0 Å². The lowest BCUT2D eigenvalue weighted by atomic mass is 10.0. The van der Waals surface area contributed by atoms with E-state index in [4.69, 9.17) is 14.4 Å². The van der Waals surface area contributed by atoms with Crippen molar-refractivity contribution in [1.82, 2.24) is 14.4 Å². The number of nitrogens with zero attached hydrogens (tertiary/aromatic N) is 3. The van der Waals surface area contributed by atoms with Gasteiger partial charge in [0.2, 0.25) is 0 Å². The molecule has 0 saturated carbocycles. The van der Waals surface area contributed by atoms with Gasteiger partial charge in [-0.3, -0.25) is 4.40 Å². The quantitative estimate of drug-likeness (QED) is 0.248. The Morgan fingerprint density at radius 3 is 2.31 bits per heavy atom. The lowest BCUT2D eigenvalue weighted by molar-refractivity contribution is 0.673. The predicted octanol–water partition coefficient (Wildman–Crippen LogP) is 8.35. The summed E-state index contributed by atoms with van der Waals surface area (Å²) in [5, 5.41) is 5.69. The van der Waals surface area contributed by atoms with E-state index in [1.807, 2.05) is 18.2 Å². The third-order valence-corrected chi connectivity index (χ3v) is 7.50. The Bertz CT molecular complexity index is 2310. The highest BCUT2D eigenvalue weighted by Crippen LogP contribution is 2.44. The molecular formula is C32H17N3O. The van der Waals surface area contributed by atoms with Gasteiger partial charge >= 0.3 is 0 Å². The standard InChI is InChI=1S/C32H17N3O/c1-2-8-18(9-3-1)19-14-15-24-25(16-19)33-29-28-30-22(17-23-21-11-5-7-13-27(21)36-31(23)28)20-10-4-6-12-26(20)35(30)32(29)34-24/h1-17H. The van der Waals surface area contributed by atoms with Crippen LogP contribution in [0, 0.1) is 0 Å². The zero-order valence-corrected chi connectivity index (χ0v) is 19.1. The molecule has 4 heterocycles. The Balaban J connectivity index is 1.52. The first-order valence-electron chi connectivity index (χ1n) is 12.1. The van der Waals surface area contributed by atoms with Gasteiger partial charge < -0.3 is 4.42 Å². The molecule has 4 heteroatoms. The summed E-state index contributed by atoms with van der Waals surface area (Å²) in [7, 11) is 0. The minimum absolute atomic E-state index is 0.865. The molecule has 5 aromatic carbocycles. The number of para-hydroxylation sites is 2. The maximum atomic E-state index is 6.49. The summed E-state index contributed by atoms with van der Waals surface area (Å²) in [6.07, 6.45) is 0. The largest absolute Gasteiger partial charge is 0.455 e. The Morgan fingerprint density at radius 1 is 0.583 bits per heavy atom. The highest BCUT2D eigenvalue weighted by molar-refractivity contribution is 6.32. The number of benzene rings is 5. The Kier molecular flexibility index (Phi) is 3.25. The molecule has 0 spiro atoms. The normalized spacial score (nSPS) is 12.4. The van der Waals surface area contributed by atoms with Crippen LogP contribution in [0.5, 0.6) is 0 Å². The van der Waals surface area contributed by atoms with Gasteiger partial charge in [-0.25, -0.2) is 9.97 Å². The molecule has 9 rings (SSSR count). The first-order chi connectivity index (χ1) is 17.8. The smallest absolute Gasteiger partial charge is 0.165 e. The maximum Gasteiger partial charge on any atom is 0.165 e. The van der Waals surface area contributed by atoms with Crippen molar-refractivity contribution in [1.29, 1.82) is 0 Å². The second-order valence-electron chi connectivity index (χ2n) is 9.44. The number of hydrogen-bond donors (Lipinski definition) is 0. The van der Waals surface area contributed by atoms with Crippen LogP contribution in [0.25, 0.3) is 82.5 Å². The third-order valence-electron chi connectivity index (χ3n) is 7.50. The molecule has 0 saturated heterocycles. The average Bonchev–Trinajstić information content (AvgIpc) is 3.58. The van der Waals surface area contributed by atoms with Crippen LogP contribution in [0.15, 0.2) is 108 Å². The molecule has 0 atom stereocenters. The number of fused-ring (bicyclic) bond motifs is 11. The molecule has 0 radical (unpaired) electrons. The Hall–Kier alpha value is -4.96. The first kappa shape index (κ1) is 18.4. The molecular weight excluding hydrogens is 442 g/mol. The molecule has 0 aliphatic rings. The van der Waals surface area contributed by atoms with Crippen LogP contribution >= 0.6 is 0 Å². The second kappa shape index (κ2) is 6.37. The summed E-state index contributed by atoms with van der Waals surface area (Å²) in [5.74, 6) is 0. The Labute approximate surface area is 204 Å². The van der Waals surface area contributed by atoms with Crippen molar-refractivity contribution in [2.75, 3.05) is 0 Å². The topological polar surface area (TPSA) is 43.3 Å². The fraction of sp³-hybridized carbons (Fsp3) is 0. The van der Waals surface area contributed by atoms with Crippen LogP contribution in [-0.4, -0.2) is 14.4 Å². The summed E-state index contributed by atoms with van der Waals surface area (Å²) < 4.78 is 8.76. The molecule has 4 nitrogen and oxygen atoms in total. The molecule has 0 unspecified atom stereocenters. The van der Waals surface area contributed by atoms with Crippen LogP contribution in [0.1, 0.15) is 0 Å². The average molecular weight is 460 g/mol. The van der Waals surface area contributed by atoms with E-state index in [-0.39, 0.29) is 0 Å². The van der Waals surface area contributed by atoms with Crippen molar-refractivity contribution in [3.8, 4) is 11.1 Å². The molecule has 9 aromatic rings. The van der Waals surface area contributed by atoms with Crippen molar-refractivity contribution in [3.05, 3.63) is 103 Å². The van der Waals surface area contributed by atoms with E-state index in [1.54, 1.807) is 0 Å². The molecule has 36 heavy (non-hydrogen) atoms. The fourth-order valence-corrected chi connectivity index (χ4v) is 5.92. The molecule has 166 valence electrons. The van der Waals surface area contributed by atoms with E-state index in [9.17, 15) is 0 Å². The SMILES string of the molecule is c1ccc(-c2ccc3nc4c(nc3c2)c2c3oc5ccccc5c3cc3c5ccccc5n4c32)cc1. The van der Waals surface area contributed by atoms with Crippen molar-refractivity contribution in [2.45, 2.75) is 0 Å². The van der Waals surface area contributed by atoms with Gasteiger partial charge in [0.05, 0.1) is 27.5 Å². The Morgan fingerprint density at radius 2 is 1.39 bits per heavy atom. The van der Waals surface area contributed by atoms with E-state index < -0.39 is 0 Å². The van der Waals surface area contributed by atoms with Gasteiger partial charge in [0.1, 0.15) is 16.7 Å². The molecule has 0 fully saturated rings. The summed E-state index contributed by atoms with van der Waals surface area (Å²) in [6.45, 7) is 0. The van der Waals surface area contributed by atoms with E-state index in [2.05, 4.69) is 89.3 Å². The minimum atomic E-state index is 0.865. The zero-order valence-electron chi connectivity index (χ0n) is 19.1. The van der Waals surface area contributed by atoms with E-state index in [1.165, 1.54) is 16.3 Å². The predicted molar refractivity (Wildman–Crippen MR) is 147 cm³/mol. The fourth-order valence-electron chi connectivity index (χ4n) is 5.92. The minimum Gasteiger partial charge on any atom is -0.455 e. The van der Waals surface area contributed by atoms with Gasteiger partial charge in [0.25, 0.3) is 0 Å². The summed E-state index contributed by atoms with van der Waals surface area (Å²) in [6, 6.07) is 35.8. The van der Waals surface area contributed by atoms with Crippen LogP contribution in [0.2, 0.25) is 0 Å². The number of hydrogen-bond acceptors (Lipinski definition) is 3. The van der Waals surface area contributed by atoms with Gasteiger partial charge in [-0.15, -0.1) is 0 Å². The number of furan rings is 1. The van der Waals surface area contributed by atoms with E-state index in [0.717, 1.165) is 66.1 Å². The van der Waals surface area contributed by atoms with Crippen molar-refractivity contribution >= 4 is 71.3 Å². The van der Waals surface area contributed by atoms with Gasteiger partial charge in [-0.2, -0.15) is 0 Å². The summed E-state index contributed by atoms with van der Waals surface area (Å²) in [4.78, 5) is 10.4. The van der Waals surface area contributed by atoms with Crippen molar-refractivity contribution in [2.24, 2.45) is 0 Å². The van der Waals surface area contributed by atoms with Crippen LogP contribution in [0.4, 0.5) is 0 Å². The molecule has 0 aliphatic carbocycles. The number of rotatable bonds is 1. The van der Waals surface area contributed by atoms with E-state index in [0.29, 0.717) is 0 Å². The van der Waals surface area contributed by atoms with Gasteiger partial charge in [-0.1, -0.05) is 72.8 Å². The molecule has 0 N–H and O–H groups in total. The van der Waals surface area contributed by atoms with Crippen LogP contribution in [-0.2, 0) is 0 Å². The third kappa shape index (κ3) is 2.19. The second-order valence-corrected chi connectivity index (χ2v) is 9.44. The van der Waals surface area contributed by atoms with E-state index >= 15 is 0 Å². The molecule has 0 bridgehead atoms. The maximum absolute atomic E-state index is 6.49. The van der Waals surface area contributed by atoms with Crippen LogP contribution < -0.4 is 0 Å². The summed E-state index contributed by atoms with van der Waals surface area (Å²) >= 11 is 0. The molecule has 4 aromatic heterocycles. The molecule has 0 amide bonds. The monoisotopic (exact) mass is 459 g/mol. The van der Waals surface area contributed by atoms with Crippen molar-refractivity contribution < 1.29 is 4.42 Å². The molecule has 0 aliphatic heterocycles. The van der Waals surface area contributed by atoms with Gasteiger partial charge in [-0.05, 0) is 41.5 Å².